The Labute approximate surface area is 146 Å². The summed E-state index contributed by atoms with van der Waals surface area (Å²) in [6.07, 6.45) is 0. The van der Waals surface area contributed by atoms with Crippen LogP contribution in [0.2, 0.25) is 0 Å². The molecule has 2 aromatic rings. The van der Waals surface area contributed by atoms with Crippen molar-refractivity contribution in [1.29, 1.82) is 0 Å². The van der Waals surface area contributed by atoms with Crippen molar-refractivity contribution in [2.45, 2.75) is 19.9 Å². The summed E-state index contributed by atoms with van der Waals surface area (Å²) in [4.78, 5) is 28.1. The molecule has 0 bridgehead atoms. The molecule has 2 heterocycles. The lowest BCUT2D eigenvalue weighted by molar-refractivity contribution is 0.0598. The standard InChI is InChI=1S/C18H21N3O4/c1-12-10-16(25-19-12)17(22)21-9-8-20(11-13(21)2)15-6-4-14(5-7-15)18(23)24-3/h4-7,10,13H,8-9,11H2,1-3H3. The third-order valence-corrected chi connectivity index (χ3v) is 4.38. The molecule has 132 valence electrons. The fraction of sp³-hybridized carbons (Fsp3) is 0.389. The smallest absolute Gasteiger partial charge is 0.337 e. The highest BCUT2D eigenvalue weighted by Crippen LogP contribution is 2.21. The van der Waals surface area contributed by atoms with Crippen LogP contribution in [0.4, 0.5) is 5.69 Å². The number of carbonyl (C=O) groups excluding carboxylic acids is 2. The summed E-state index contributed by atoms with van der Waals surface area (Å²) in [6, 6.07) is 8.99. The summed E-state index contributed by atoms with van der Waals surface area (Å²) in [7, 11) is 1.37. The molecular formula is C18H21N3O4. The van der Waals surface area contributed by atoms with Crippen LogP contribution in [0.15, 0.2) is 34.9 Å². The number of rotatable bonds is 3. The first-order valence-corrected chi connectivity index (χ1v) is 8.17. The fourth-order valence-electron chi connectivity index (χ4n) is 3.03. The zero-order valence-corrected chi connectivity index (χ0v) is 14.6. The molecule has 1 aromatic carbocycles. The van der Waals surface area contributed by atoms with Gasteiger partial charge in [-0.2, -0.15) is 0 Å². The number of anilines is 1. The van der Waals surface area contributed by atoms with E-state index in [1.807, 2.05) is 19.1 Å². The van der Waals surface area contributed by atoms with Crippen molar-refractivity contribution in [3.63, 3.8) is 0 Å². The molecule has 7 heteroatoms. The van der Waals surface area contributed by atoms with Crippen LogP contribution in [0.5, 0.6) is 0 Å². The van der Waals surface area contributed by atoms with Gasteiger partial charge in [0, 0.05) is 37.4 Å². The van der Waals surface area contributed by atoms with E-state index in [9.17, 15) is 9.59 Å². The molecule has 1 aromatic heterocycles. The first-order valence-electron chi connectivity index (χ1n) is 8.17. The highest BCUT2D eigenvalue weighted by atomic mass is 16.5. The topological polar surface area (TPSA) is 75.9 Å². The molecule has 3 rings (SSSR count). The number of aryl methyl sites for hydroxylation is 1. The summed E-state index contributed by atoms with van der Waals surface area (Å²) in [5, 5.41) is 3.78. The molecule has 1 amide bonds. The normalized spacial score (nSPS) is 17.5. The number of esters is 1. The first-order chi connectivity index (χ1) is 12.0. The van der Waals surface area contributed by atoms with Crippen LogP contribution in [-0.4, -0.2) is 54.7 Å². The van der Waals surface area contributed by atoms with Crippen LogP contribution in [0.3, 0.4) is 0 Å². The van der Waals surface area contributed by atoms with E-state index in [-0.39, 0.29) is 23.7 Å². The van der Waals surface area contributed by atoms with Crippen molar-refractivity contribution in [1.82, 2.24) is 10.1 Å². The predicted octanol–water partition coefficient (Wildman–Crippen LogP) is 2.12. The van der Waals surface area contributed by atoms with Gasteiger partial charge in [0.1, 0.15) is 0 Å². The highest BCUT2D eigenvalue weighted by molar-refractivity contribution is 5.92. The Morgan fingerprint density at radius 3 is 2.52 bits per heavy atom. The van der Waals surface area contributed by atoms with Gasteiger partial charge >= 0.3 is 5.97 Å². The van der Waals surface area contributed by atoms with Crippen LogP contribution in [0.25, 0.3) is 0 Å². The summed E-state index contributed by atoms with van der Waals surface area (Å²) >= 11 is 0. The van der Waals surface area contributed by atoms with Crippen molar-refractivity contribution in [3.05, 3.63) is 47.3 Å². The summed E-state index contributed by atoms with van der Waals surface area (Å²) < 4.78 is 9.80. The maximum absolute atomic E-state index is 12.5. The molecule has 0 saturated carbocycles. The van der Waals surface area contributed by atoms with Gasteiger partial charge in [-0.1, -0.05) is 5.16 Å². The van der Waals surface area contributed by atoms with Crippen molar-refractivity contribution in [2.75, 3.05) is 31.6 Å². The zero-order chi connectivity index (χ0) is 18.0. The molecule has 1 saturated heterocycles. The molecule has 1 unspecified atom stereocenters. The van der Waals surface area contributed by atoms with E-state index < -0.39 is 0 Å². The molecular weight excluding hydrogens is 322 g/mol. The minimum atomic E-state index is -0.349. The maximum Gasteiger partial charge on any atom is 0.337 e. The molecule has 0 aliphatic carbocycles. The van der Waals surface area contributed by atoms with Gasteiger partial charge in [-0.25, -0.2) is 4.79 Å². The van der Waals surface area contributed by atoms with E-state index in [1.165, 1.54) is 7.11 Å². The third-order valence-electron chi connectivity index (χ3n) is 4.38. The molecule has 0 radical (unpaired) electrons. The second kappa shape index (κ2) is 6.96. The lowest BCUT2D eigenvalue weighted by Gasteiger charge is -2.40. The van der Waals surface area contributed by atoms with Crippen LogP contribution in [-0.2, 0) is 4.74 Å². The van der Waals surface area contributed by atoms with Gasteiger partial charge in [0.25, 0.3) is 5.91 Å². The Balaban J connectivity index is 1.67. The number of ether oxygens (including phenoxy) is 1. The van der Waals surface area contributed by atoms with E-state index in [0.29, 0.717) is 30.9 Å². The SMILES string of the molecule is COC(=O)c1ccc(N2CCN(C(=O)c3cc(C)no3)C(C)C2)cc1. The number of amides is 1. The van der Waals surface area contributed by atoms with Gasteiger partial charge in [0.15, 0.2) is 0 Å². The van der Waals surface area contributed by atoms with Crippen LogP contribution in [0, 0.1) is 6.92 Å². The Morgan fingerprint density at radius 1 is 1.24 bits per heavy atom. The second-order valence-corrected chi connectivity index (χ2v) is 6.16. The van der Waals surface area contributed by atoms with Gasteiger partial charge in [0.05, 0.1) is 18.4 Å². The van der Waals surface area contributed by atoms with E-state index in [2.05, 4.69) is 10.1 Å². The number of hydrogen-bond donors (Lipinski definition) is 0. The number of benzene rings is 1. The molecule has 1 atom stereocenters. The molecule has 1 fully saturated rings. The number of nitrogens with zero attached hydrogens (tertiary/aromatic N) is 3. The van der Waals surface area contributed by atoms with Gasteiger partial charge in [0.2, 0.25) is 5.76 Å². The monoisotopic (exact) mass is 343 g/mol. The summed E-state index contributed by atoms with van der Waals surface area (Å²) in [5.74, 6) is -0.202. The molecule has 1 aliphatic rings. The van der Waals surface area contributed by atoms with Crippen LogP contribution >= 0.6 is 0 Å². The lowest BCUT2D eigenvalue weighted by Crippen LogP contribution is -2.54. The molecule has 0 spiro atoms. The Morgan fingerprint density at radius 2 is 1.96 bits per heavy atom. The minimum absolute atomic E-state index is 0.0342. The van der Waals surface area contributed by atoms with Gasteiger partial charge < -0.3 is 19.1 Å². The second-order valence-electron chi connectivity index (χ2n) is 6.16. The largest absolute Gasteiger partial charge is 0.465 e. The van der Waals surface area contributed by atoms with Crippen LogP contribution < -0.4 is 4.90 Å². The van der Waals surface area contributed by atoms with Crippen molar-refractivity contribution in [2.24, 2.45) is 0 Å². The quantitative estimate of drug-likeness (QED) is 0.795. The minimum Gasteiger partial charge on any atom is -0.465 e. The van der Waals surface area contributed by atoms with E-state index in [1.54, 1.807) is 30.0 Å². The highest BCUT2D eigenvalue weighted by Gasteiger charge is 2.30. The maximum atomic E-state index is 12.5. The number of hydrogen-bond acceptors (Lipinski definition) is 6. The number of piperazine rings is 1. The van der Waals surface area contributed by atoms with E-state index in [0.717, 1.165) is 5.69 Å². The van der Waals surface area contributed by atoms with Crippen molar-refractivity contribution >= 4 is 17.6 Å². The lowest BCUT2D eigenvalue weighted by atomic mass is 10.1. The Kier molecular flexibility index (Phi) is 4.74. The van der Waals surface area contributed by atoms with Crippen molar-refractivity contribution < 1.29 is 18.8 Å². The zero-order valence-electron chi connectivity index (χ0n) is 14.6. The van der Waals surface area contributed by atoms with Gasteiger partial charge in [-0.05, 0) is 38.1 Å². The third kappa shape index (κ3) is 3.50. The Hall–Kier alpha value is -2.83. The van der Waals surface area contributed by atoms with Gasteiger partial charge in [-0.3, -0.25) is 4.79 Å². The summed E-state index contributed by atoms with van der Waals surface area (Å²) in [5.41, 5.74) is 2.23. The van der Waals surface area contributed by atoms with E-state index in [4.69, 9.17) is 9.26 Å². The first kappa shape index (κ1) is 17.0. The molecule has 7 nitrogen and oxygen atoms in total. The molecule has 0 N–H and O–H groups in total. The average molecular weight is 343 g/mol. The van der Waals surface area contributed by atoms with Gasteiger partial charge in [-0.15, -0.1) is 0 Å². The predicted molar refractivity (Wildman–Crippen MR) is 91.7 cm³/mol. The van der Waals surface area contributed by atoms with Crippen LogP contribution in [0.1, 0.15) is 33.5 Å². The molecule has 25 heavy (non-hydrogen) atoms. The average Bonchev–Trinajstić information content (AvgIpc) is 3.07. The molecule has 1 aliphatic heterocycles. The van der Waals surface area contributed by atoms with E-state index >= 15 is 0 Å². The number of methoxy groups -OCH3 is 1. The summed E-state index contributed by atoms with van der Waals surface area (Å²) in [6.45, 7) is 5.81. The Bertz CT molecular complexity index is 769. The number of carbonyl (C=O) groups is 2. The fourth-order valence-corrected chi connectivity index (χ4v) is 3.03. The van der Waals surface area contributed by atoms with Crippen molar-refractivity contribution in [3.8, 4) is 0 Å². The number of aromatic nitrogens is 1.